The van der Waals surface area contributed by atoms with Crippen LogP contribution in [0.3, 0.4) is 0 Å². The van der Waals surface area contributed by atoms with Gasteiger partial charge in [0.25, 0.3) is 5.56 Å². The van der Waals surface area contributed by atoms with E-state index in [1.165, 1.54) is 6.20 Å². The van der Waals surface area contributed by atoms with Crippen LogP contribution in [0.25, 0.3) is 11.2 Å². The van der Waals surface area contributed by atoms with Crippen LogP contribution in [0, 0.1) is 5.92 Å². The number of fused-ring (bicyclic) bond motifs is 1. The van der Waals surface area contributed by atoms with E-state index in [-0.39, 0.29) is 11.6 Å². The van der Waals surface area contributed by atoms with E-state index in [1.807, 2.05) is 6.07 Å². The topological polar surface area (TPSA) is 77.2 Å². The zero-order valence-electron chi connectivity index (χ0n) is 13.8. The van der Waals surface area contributed by atoms with Crippen LogP contribution in [0.2, 0.25) is 0 Å². The molecule has 23 heavy (non-hydrogen) atoms. The van der Waals surface area contributed by atoms with Crippen molar-refractivity contribution in [3.63, 3.8) is 0 Å². The number of hydrogen-bond acceptors (Lipinski definition) is 5. The fourth-order valence-corrected chi connectivity index (χ4v) is 2.98. The average molecular weight is 317 g/mol. The lowest BCUT2D eigenvalue weighted by molar-refractivity contribution is -0.0507. The van der Waals surface area contributed by atoms with Crippen molar-refractivity contribution >= 4 is 11.2 Å². The van der Waals surface area contributed by atoms with Gasteiger partial charge in [0, 0.05) is 12.1 Å². The van der Waals surface area contributed by atoms with Crippen LogP contribution in [0.4, 0.5) is 0 Å². The quantitative estimate of drug-likeness (QED) is 0.915. The third-order valence-corrected chi connectivity index (χ3v) is 4.28. The fraction of sp³-hybridized carbons (Fsp3) is 0.588. The molecule has 1 N–H and O–H groups in total. The number of pyridine rings is 1. The van der Waals surface area contributed by atoms with E-state index in [1.54, 1.807) is 17.7 Å². The van der Waals surface area contributed by atoms with Crippen molar-refractivity contribution in [3.05, 3.63) is 28.8 Å². The first-order valence-corrected chi connectivity index (χ1v) is 8.08. The van der Waals surface area contributed by atoms with Crippen LogP contribution in [0.1, 0.15) is 46.1 Å². The number of aliphatic hydroxyl groups is 1. The van der Waals surface area contributed by atoms with Crippen LogP contribution in [-0.2, 0) is 0 Å². The molecule has 0 spiro atoms. The second-order valence-corrected chi connectivity index (χ2v) is 7.07. The third-order valence-electron chi connectivity index (χ3n) is 4.28. The predicted octanol–water partition coefficient (Wildman–Crippen LogP) is 2.30. The minimum absolute atomic E-state index is 0.0248. The zero-order valence-corrected chi connectivity index (χ0v) is 13.8. The molecule has 1 fully saturated rings. The summed E-state index contributed by atoms with van der Waals surface area (Å²) < 4.78 is 7.34. The van der Waals surface area contributed by atoms with Gasteiger partial charge in [0.05, 0.1) is 24.6 Å². The third kappa shape index (κ3) is 3.37. The Labute approximate surface area is 135 Å². The van der Waals surface area contributed by atoms with Gasteiger partial charge in [-0.3, -0.25) is 9.36 Å². The highest BCUT2D eigenvalue weighted by Crippen LogP contribution is 2.41. The molecule has 0 radical (unpaired) electrons. The Morgan fingerprint density at radius 2 is 2.13 bits per heavy atom. The van der Waals surface area contributed by atoms with E-state index < -0.39 is 5.60 Å². The molecule has 0 bridgehead atoms. The lowest BCUT2D eigenvalue weighted by Crippen LogP contribution is -2.45. The molecule has 0 atom stereocenters. The van der Waals surface area contributed by atoms with E-state index in [9.17, 15) is 9.90 Å². The van der Waals surface area contributed by atoms with Crippen molar-refractivity contribution in [2.45, 2.75) is 51.7 Å². The number of hydrogen-bond donors (Lipinski definition) is 1. The maximum absolute atomic E-state index is 12.2. The molecule has 0 aromatic carbocycles. The molecule has 1 saturated carbocycles. The zero-order chi connectivity index (χ0) is 16.6. The van der Waals surface area contributed by atoms with Crippen molar-refractivity contribution in [2.24, 2.45) is 5.92 Å². The molecule has 1 aliphatic carbocycles. The summed E-state index contributed by atoms with van der Waals surface area (Å²) in [4.78, 5) is 20.7. The molecule has 0 unspecified atom stereocenters. The van der Waals surface area contributed by atoms with Crippen molar-refractivity contribution in [2.75, 3.05) is 6.61 Å². The summed E-state index contributed by atoms with van der Waals surface area (Å²) in [5.74, 6) is 1.24. The molecule has 1 aliphatic rings. The first kappa shape index (κ1) is 15.9. The molecular weight excluding hydrogens is 294 g/mol. The Hall–Kier alpha value is -1.95. The Kier molecular flexibility index (Phi) is 4.10. The molecule has 124 valence electrons. The van der Waals surface area contributed by atoms with Gasteiger partial charge in [-0.25, -0.2) is 9.97 Å². The van der Waals surface area contributed by atoms with Gasteiger partial charge in [-0.15, -0.1) is 0 Å². The minimum Gasteiger partial charge on any atom is -0.492 e. The van der Waals surface area contributed by atoms with Crippen LogP contribution in [-0.4, -0.2) is 31.8 Å². The summed E-state index contributed by atoms with van der Waals surface area (Å²) >= 11 is 0. The largest absolute Gasteiger partial charge is 0.492 e. The first-order valence-electron chi connectivity index (χ1n) is 8.08. The summed E-state index contributed by atoms with van der Waals surface area (Å²) in [5, 5.41) is 9.92. The van der Waals surface area contributed by atoms with E-state index in [0.717, 1.165) is 6.42 Å². The number of ether oxygens (including phenoxy) is 1. The molecule has 6 heteroatoms. The smallest absolute Gasteiger partial charge is 0.270 e. The Bertz CT molecular complexity index is 759. The molecule has 0 saturated heterocycles. The van der Waals surface area contributed by atoms with Gasteiger partial charge in [0.15, 0.2) is 5.65 Å². The Morgan fingerprint density at radius 3 is 2.78 bits per heavy atom. The van der Waals surface area contributed by atoms with Crippen LogP contribution in [0.5, 0.6) is 5.75 Å². The summed E-state index contributed by atoms with van der Waals surface area (Å²) in [6.07, 6.45) is 5.04. The van der Waals surface area contributed by atoms with Gasteiger partial charge in [0.2, 0.25) is 0 Å². The molecule has 2 aromatic heterocycles. The minimum atomic E-state index is -0.695. The fourth-order valence-electron chi connectivity index (χ4n) is 2.98. The van der Waals surface area contributed by atoms with E-state index in [2.05, 4.69) is 23.8 Å². The second-order valence-electron chi connectivity index (χ2n) is 7.07. The van der Waals surface area contributed by atoms with Crippen molar-refractivity contribution < 1.29 is 9.84 Å². The van der Waals surface area contributed by atoms with Crippen LogP contribution >= 0.6 is 0 Å². The predicted molar refractivity (Wildman–Crippen MR) is 87.6 cm³/mol. The number of nitrogens with zero attached hydrogens (tertiary/aromatic N) is 3. The van der Waals surface area contributed by atoms with Gasteiger partial charge in [-0.1, -0.05) is 13.8 Å². The maximum Gasteiger partial charge on any atom is 0.270 e. The van der Waals surface area contributed by atoms with Gasteiger partial charge >= 0.3 is 0 Å². The second kappa shape index (κ2) is 5.92. The number of rotatable bonds is 5. The Balaban J connectivity index is 1.87. The van der Waals surface area contributed by atoms with Gasteiger partial charge in [-0.2, -0.15) is 0 Å². The summed E-state index contributed by atoms with van der Waals surface area (Å²) in [7, 11) is 0. The monoisotopic (exact) mass is 317 g/mol. The molecule has 0 aliphatic heterocycles. The lowest BCUT2D eigenvalue weighted by atomic mass is 9.77. The van der Waals surface area contributed by atoms with E-state index in [0.29, 0.717) is 42.3 Å². The van der Waals surface area contributed by atoms with Crippen LogP contribution in [0.15, 0.2) is 23.3 Å². The SMILES string of the molecule is CC(C)CCOc1cnc2c(c1)ncc(=O)n2C1CC(C)(O)C1. The molecule has 0 amide bonds. The van der Waals surface area contributed by atoms with Crippen molar-refractivity contribution in [3.8, 4) is 5.75 Å². The summed E-state index contributed by atoms with van der Waals surface area (Å²) in [6, 6.07) is 1.79. The normalized spacial score (nSPS) is 24.0. The van der Waals surface area contributed by atoms with Crippen LogP contribution < -0.4 is 10.3 Å². The average Bonchev–Trinajstić information content (AvgIpc) is 2.44. The van der Waals surface area contributed by atoms with Crippen molar-refractivity contribution in [1.82, 2.24) is 14.5 Å². The number of aromatic nitrogens is 3. The maximum atomic E-state index is 12.2. The lowest BCUT2D eigenvalue weighted by Gasteiger charge is -2.41. The molecule has 6 nitrogen and oxygen atoms in total. The molecular formula is C17H23N3O3. The highest BCUT2D eigenvalue weighted by atomic mass is 16.5. The summed E-state index contributed by atoms with van der Waals surface area (Å²) in [6.45, 7) is 6.72. The molecule has 2 aromatic rings. The summed E-state index contributed by atoms with van der Waals surface area (Å²) in [5.41, 5.74) is 0.311. The standard InChI is InChI=1S/C17H23N3O3/c1-11(2)4-5-23-13-6-14-16(19-9-13)20(15(21)10-18-14)12-7-17(3,22)8-12/h6,9-12,22H,4-5,7-8H2,1-3H3. The van der Waals surface area contributed by atoms with Gasteiger partial charge in [0.1, 0.15) is 11.3 Å². The Morgan fingerprint density at radius 1 is 1.39 bits per heavy atom. The first-order chi connectivity index (χ1) is 10.9. The highest BCUT2D eigenvalue weighted by molar-refractivity contribution is 5.71. The molecule has 2 heterocycles. The van der Waals surface area contributed by atoms with Gasteiger partial charge < -0.3 is 9.84 Å². The van der Waals surface area contributed by atoms with Gasteiger partial charge in [-0.05, 0) is 32.1 Å². The highest BCUT2D eigenvalue weighted by Gasteiger charge is 2.40. The van der Waals surface area contributed by atoms with E-state index >= 15 is 0 Å². The molecule has 3 rings (SSSR count). The van der Waals surface area contributed by atoms with Crippen molar-refractivity contribution in [1.29, 1.82) is 0 Å². The van der Waals surface area contributed by atoms with E-state index in [4.69, 9.17) is 4.74 Å².